The number of thiophene rings is 8. The average Bonchev–Trinajstić information content (AvgIpc) is 1.55. The van der Waals surface area contributed by atoms with E-state index in [1.165, 1.54) is 295 Å². The largest absolute Gasteiger partial charge is 0.505 e. The molecule has 0 spiro atoms. The van der Waals surface area contributed by atoms with Crippen molar-refractivity contribution in [1.29, 1.82) is 0 Å². The second-order valence-corrected chi connectivity index (χ2v) is 55.7. The number of hydrogen-bond acceptors (Lipinski definition) is 16. The smallest absolute Gasteiger partial charge is 0.399 e. The maximum atomic E-state index is 15.5. The Bertz CT molecular complexity index is 5160. The molecule has 0 N–H and O–H groups in total. The van der Waals surface area contributed by atoms with Gasteiger partial charge >= 0.3 is 14.2 Å². The van der Waals surface area contributed by atoms with Crippen LogP contribution in [0.15, 0.2) is 103 Å². The van der Waals surface area contributed by atoms with Crippen molar-refractivity contribution in [3.63, 3.8) is 0 Å². The molecule has 0 aromatic carbocycles. The molecule has 4 unspecified atom stereocenters. The van der Waals surface area contributed by atoms with E-state index in [0.717, 1.165) is 111 Å². The van der Waals surface area contributed by atoms with E-state index in [1.807, 2.05) is 32.5 Å². The molecular weight excluding hydrogens is 2050 g/mol. The van der Waals surface area contributed by atoms with Gasteiger partial charge in [0.2, 0.25) is 0 Å². The summed E-state index contributed by atoms with van der Waals surface area (Å²) in [4.78, 5) is 78.6. The van der Waals surface area contributed by atoms with Gasteiger partial charge in [-0.05, 0) is 249 Å². The molecule has 2 saturated heterocycles. The fraction of sp³-hybridized carbons (Fsp3) is 0.664. The predicted molar refractivity (Wildman–Crippen MR) is 634 cm³/mol. The van der Waals surface area contributed by atoms with Gasteiger partial charge in [-0.15, -0.1) is 90.7 Å². The minimum absolute atomic E-state index is 0. The van der Waals surface area contributed by atoms with Gasteiger partial charge in [0.1, 0.15) is 0 Å². The van der Waals surface area contributed by atoms with Crippen molar-refractivity contribution >= 4 is 212 Å². The normalized spacial score (nSPS) is 17.4. The summed E-state index contributed by atoms with van der Waals surface area (Å²) in [5.41, 5.74) is 4.82. The summed E-state index contributed by atoms with van der Waals surface area (Å²) < 4.78 is 34.1. The van der Waals surface area contributed by atoms with E-state index in [2.05, 4.69) is 239 Å². The lowest BCUT2D eigenvalue weighted by Crippen LogP contribution is -2.41. The number of carbonyl (C=O) groups excluding carboxylic acids is 4. The van der Waals surface area contributed by atoms with Gasteiger partial charge in [-0.1, -0.05) is 320 Å². The summed E-state index contributed by atoms with van der Waals surface area (Å²) in [6.07, 6.45) is 59.6. The number of fused-ring (bicyclic) bond motifs is 4. The van der Waals surface area contributed by atoms with Crippen LogP contribution < -0.4 is 9.55 Å². The predicted octanol–water partition coefficient (Wildman–Crippen LogP) is 37.9. The van der Waals surface area contributed by atoms with E-state index in [9.17, 15) is 0 Å². The van der Waals surface area contributed by atoms with Crippen LogP contribution in [0.1, 0.15) is 456 Å². The van der Waals surface area contributed by atoms with Gasteiger partial charge in [-0.25, -0.2) is 0 Å². The zero-order chi connectivity index (χ0) is 102. The lowest BCUT2D eigenvalue weighted by molar-refractivity contribution is -0.124. The molecule has 12 nitrogen and oxygen atoms in total. The molecule has 0 radical (unpaired) electrons. The van der Waals surface area contributed by atoms with Gasteiger partial charge in [-0.2, -0.15) is 0 Å². The third-order valence-corrected chi connectivity index (χ3v) is 41.2. The minimum atomic E-state index is -0.317. The van der Waals surface area contributed by atoms with Crippen LogP contribution in [-0.2, 0) is 37.8 Å². The molecule has 4 amide bonds. The monoisotopic (exact) mass is 2230 g/mol. The van der Waals surface area contributed by atoms with Crippen LogP contribution in [0.2, 0.25) is 0 Å². The van der Waals surface area contributed by atoms with Gasteiger partial charge in [0, 0.05) is 74.0 Å². The van der Waals surface area contributed by atoms with Crippen LogP contribution in [-0.4, -0.2) is 106 Å². The van der Waals surface area contributed by atoms with Gasteiger partial charge in [0.25, 0.3) is 23.6 Å². The van der Waals surface area contributed by atoms with Crippen LogP contribution in [0.3, 0.4) is 0 Å². The molecule has 790 valence electrons. The van der Waals surface area contributed by atoms with E-state index < -0.39 is 0 Å². The number of aryl methyl sites for hydroxylation is 2. The lowest BCUT2D eigenvalue weighted by atomic mass is 9.88. The first-order valence-electron chi connectivity index (χ1n) is 56.1. The van der Waals surface area contributed by atoms with Crippen LogP contribution in [0.25, 0.3) is 51.3 Å². The van der Waals surface area contributed by atoms with Crippen molar-refractivity contribution in [2.24, 2.45) is 23.7 Å². The maximum Gasteiger partial charge on any atom is 0.505 e. The van der Waals surface area contributed by atoms with Gasteiger partial charge < -0.3 is 38.2 Å². The fourth-order valence-corrected chi connectivity index (χ4v) is 30.9. The van der Waals surface area contributed by atoms with Crippen LogP contribution in [0, 0.1) is 37.5 Å². The fourth-order valence-electron chi connectivity index (χ4n) is 21.3. The summed E-state index contributed by atoms with van der Waals surface area (Å²) in [5, 5.41) is 0. The molecule has 6 aliphatic heterocycles. The molecule has 8 aromatic rings. The Kier molecular flexibility index (Phi) is 48.9. The topological polar surface area (TPSA) is 118 Å². The number of carbonyl (C=O) groups is 4. The first-order chi connectivity index (χ1) is 68.4. The van der Waals surface area contributed by atoms with E-state index in [-0.39, 0.29) is 67.7 Å². The summed E-state index contributed by atoms with van der Waals surface area (Å²) in [7, 11) is -0.602. The standard InChI is InChI=1S/C54H78N2O2S4.C46H70Br2N2O2S2.C18H26B2O4S2.CH4/c1-7-11-15-19-21-25-29-41(27-23-17-13-9-3)37-55-51(44-32-31-39(5)59-44)49-50(54(55)58)52(45-34-33-43(61-45)47-36-48-46(62-47)35-40(6)60-48)56(53(49)57)38-42(28-24-18-14-10-4)30-26-22-20-16-12-8-2;1-5-9-13-17-19-23-27-35(25-21-15-11-7-3)33-49-43(37-29-31-39(47)53-37)41-42(45(49)51)44(38-30-32-40(48)54-38)50(46(41)52)34-36(26-22-16-12-8-4)28-24-20-18-14-10-6-2;1-15(2)16(3,4)22-19(21-15)13-9-11-12(25-13)10-14(26-11)20-23-17(5,6)18(7,8)24-20;/h31-36,41-42H,7-30,37-38H2,1-6H3;29-32,35-36H,5-28,33-34H2,1-4H3;9-10H,1-8H3;1H4. The van der Waals surface area contributed by atoms with Crippen molar-refractivity contribution < 1.29 is 37.8 Å². The summed E-state index contributed by atoms with van der Waals surface area (Å²) >= 11 is 21.4. The molecule has 8 aromatic heterocycles. The quantitative estimate of drug-likeness (QED) is 0.0273. The zero-order valence-corrected chi connectivity index (χ0v) is 99.9. The molecule has 2 fully saturated rings. The number of nitrogens with zero attached hydrogens (tertiary/aromatic N) is 4. The first-order valence-corrected chi connectivity index (χ1v) is 64.2. The summed E-state index contributed by atoms with van der Waals surface area (Å²) in [6, 6.07) is 26.2. The van der Waals surface area contributed by atoms with E-state index in [1.54, 1.807) is 68.0 Å². The van der Waals surface area contributed by atoms with Gasteiger partial charge in [0.15, 0.2) is 0 Å². The average molecular weight is 2230 g/mol. The van der Waals surface area contributed by atoms with Crippen molar-refractivity contribution in [3.05, 3.63) is 132 Å². The van der Waals surface area contributed by atoms with E-state index >= 15 is 19.2 Å². The molecule has 0 saturated carbocycles. The molecule has 24 heteroatoms. The van der Waals surface area contributed by atoms with Gasteiger partial charge in [0.05, 0.1) is 94.6 Å². The van der Waals surface area contributed by atoms with Crippen LogP contribution in [0.5, 0.6) is 0 Å². The third kappa shape index (κ3) is 32.0. The van der Waals surface area contributed by atoms with Crippen molar-refractivity contribution in [3.8, 4) is 9.75 Å². The van der Waals surface area contributed by atoms with Crippen molar-refractivity contribution in [2.45, 2.75) is 463 Å². The molecule has 4 atom stereocenters. The van der Waals surface area contributed by atoms with E-state index in [4.69, 9.17) is 18.6 Å². The Morgan fingerprint density at radius 3 is 0.769 bits per heavy atom. The minimum Gasteiger partial charge on any atom is -0.399 e. The van der Waals surface area contributed by atoms with Crippen LogP contribution >= 0.6 is 123 Å². The Morgan fingerprint density at radius 1 is 0.266 bits per heavy atom. The SMILES string of the molecule is C.CC1(C)OB(c2cc3sc(B4OC(C)(C)C(C)(C)O4)cc3s2)OC1(C)C.CCCCCCCCC(CCCCCC)CN1C(=O)C2=C(c3ccc(-c4cc5sc(C)cc5s4)s3)N(CC(CCCCCC)CCCCCCCC)C(=O)C2=C1c1ccc(C)s1.CCCCCCCCC(CCCCCC)CN1C(=O)C2=C(c3ccc(Br)s3)N(CC(CCCCCC)CCCCCCCC)C(=O)C2=C1c1ccc(Br)s1. The Balaban J connectivity index is 0.000000219. The highest BCUT2D eigenvalue weighted by molar-refractivity contribution is 9.11. The number of unbranched alkanes of at least 4 members (excludes halogenated alkanes) is 32. The lowest BCUT2D eigenvalue weighted by Gasteiger charge is -2.32. The van der Waals surface area contributed by atoms with Crippen molar-refractivity contribution in [1.82, 2.24) is 19.6 Å². The summed E-state index contributed by atoms with van der Waals surface area (Å²) in [6.45, 7) is 42.0. The molecule has 6 aliphatic rings. The second kappa shape index (κ2) is 58.7. The number of rotatable bonds is 63. The van der Waals surface area contributed by atoms with E-state index in [0.29, 0.717) is 72.1 Å². The summed E-state index contributed by atoms with van der Waals surface area (Å²) in [5.74, 6) is 1.82. The zero-order valence-electron chi connectivity index (χ0n) is 90.2. The third-order valence-electron chi connectivity index (χ3n) is 31.1. The number of hydrogen-bond donors (Lipinski definition) is 0. The molecular formula is C119H178B2Br2N4O8S8. The van der Waals surface area contributed by atoms with Crippen LogP contribution in [0.4, 0.5) is 0 Å². The molecule has 14 heterocycles. The highest BCUT2D eigenvalue weighted by Crippen LogP contribution is 2.55. The molecule has 0 bridgehead atoms. The number of amides is 4. The maximum absolute atomic E-state index is 15.5. The second-order valence-electron chi connectivity index (χ2n) is 43.8. The Labute approximate surface area is 914 Å². The highest BCUT2D eigenvalue weighted by Gasteiger charge is 2.56. The Hall–Kier alpha value is -4.11. The van der Waals surface area contributed by atoms with Gasteiger partial charge in [-0.3, -0.25) is 19.2 Å². The highest BCUT2D eigenvalue weighted by atomic mass is 79.9. The molecule has 143 heavy (non-hydrogen) atoms. The molecule has 0 aliphatic carbocycles. The first kappa shape index (κ1) is 119. The number of halogens is 2. The molecule has 14 rings (SSSR count). The van der Waals surface area contributed by atoms with Crippen molar-refractivity contribution in [2.75, 3.05) is 26.2 Å². The Morgan fingerprint density at radius 2 is 0.503 bits per heavy atom.